The Morgan fingerprint density at radius 3 is 3.20 bits per heavy atom. The zero-order valence-electron chi connectivity index (χ0n) is 11.7. The van der Waals surface area contributed by atoms with Gasteiger partial charge in [0, 0.05) is 18.4 Å². The molecule has 1 fully saturated rings. The number of hydrogen-bond donors (Lipinski definition) is 1. The van der Waals surface area contributed by atoms with Crippen LogP contribution in [0.2, 0.25) is 0 Å². The Hall–Kier alpha value is -1.88. The molecule has 0 saturated carbocycles. The summed E-state index contributed by atoms with van der Waals surface area (Å²) in [5.41, 5.74) is 2.23. The van der Waals surface area contributed by atoms with Crippen LogP contribution in [-0.2, 0) is 11.2 Å². The van der Waals surface area contributed by atoms with Gasteiger partial charge in [-0.3, -0.25) is 4.98 Å². The molecule has 2 unspecified atom stereocenters. The molecule has 1 aromatic heterocycles. The van der Waals surface area contributed by atoms with Gasteiger partial charge < -0.3 is 14.7 Å². The summed E-state index contributed by atoms with van der Waals surface area (Å²) >= 11 is 0. The van der Waals surface area contributed by atoms with Crippen LogP contribution in [0.15, 0.2) is 31.1 Å². The number of amides is 1. The second kappa shape index (κ2) is 6.52. The predicted molar refractivity (Wildman–Crippen MR) is 75.3 cm³/mol. The van der Waals surface area contributed by atoms with Crippen molar-refractivity contribution in [2.24, 2.45) is 0 Å². The van der Waals surface area contributed by atoms with Crippen molar-refractivity contribution in [1.82, 2.24) is 9.88 Å². The average molecular weight is 276 g/mol. The maximum absolute atomic E-state index is 12.0. The van der Waals surface area contributed by atoms with Crippen LogP contribution in [0.25, 0.3) is 0 Å². The van der Waals surface area contributed by atoms with Crippen molar-refractivity contribution in [3.63, 3.8) is 0 Å². The molecule has 1 N–H and O–H groups in total. The molecule has 2 atom stereocenters. The molecule has 1 saturated heterocycles. The predicted octanol–water partition coefficient (Wildman–Crippen LogP) is 1.69. The first-order chi connectivity index (χ1) is 9.61. The summed E-state index contributed by atoms with van der Waals surface area (Å²) in [4.78, 5) is 17.6. The van der Waals surface area contributed by atoms with Gasteiger partial charge in [0.1, 0.15) is 6.61 Å². The molecule has 1 aliphatic heterocycles. The first-order valence-corrected chi connectivity index (χ1v) is 6.73. The standard InChI is InChI=1S/C15H20N2O3/c1-3-6-20-15(19)17-10-14(18)8-13(17)7-12-4-5-16-9-11(12)2/h3-5,9,13-14,18H,1,6-8,10H2,2H3. The fourth-order valence-corrected chi connectivity index (χ4v) is 2.51. The molecule has 0 aliphatic carbocycles. The number of aliphatic hydroxyl groups excluding tert-OH is 1. The van der Waals surface area contributed by atoms with E-state index in [1.165, 1.54) is 6.08 Å². The Morgan fingerprint density at radius 2 is 2.50 bits per heavy atom. The minimum Gasteiger partial charge on any atom is -0.445 e. The summed E-state index contributed by atoms with van der Waals surface area (Å²) in [5, 5.41) is 9.81. The summed E-state index contributed by atoms with van der Waals surface area (Å²) in [7, 11) is 0. The monoisotopic (exact) mass is 276 g/mol. The summed E-state index contributed by atoms with van der Waals surface area (Å²) in [5.74, 6) is 0. The van der Waals surface area contributed by atoms with E-state index in [0.717, 1.165) is 11.1 Å². The number of pyridine rings is 1. The highest BCUT2D eigenvalue weighted by molar-refractivity contribution is 5.68. The third kappa shape index (κ3) is 3.36. The van der Waals surface area contributed by atoms with E-state index in [4.69, 9.17) is 4.74 Å². The number of carbonyl (C=O) groups excluding carboxylic acids is 1. The Morgan fingerprint density at radius 1 is 1.70 bits per heavy atom. The first kappa shape index (κ1) is 14.5. The number of ether oxygens (including phenoxy) is 1. The van der Waals surface area contributed by atoms with E-state index < -0.39 is 12.2 Å². The summed E-state index contributed by atoms with van der Waals surface area (Å²) in [6.07, 6.45) is 5.48. The molecule has 1 aliphatic rings. The Balaban J connectivity index is 2.06. The fraction of sp³-hybridized carbons (Fsp3) is 0.467. The van der Waals surface area contributed by atoms with Crippen molar-refractivity contribution < 1.29 is 14.6 Å². The molecule has 0 bridgehead atoms. The van der Waals surface area contributed by atoms with Crippen molar-refractivity contribution >= 4 is 6.09 Å². The Bertz CT molecular complexity index is 490. The van der Waals surface area contributed by atoms with Crippen LogP contribution in [0.5, 0.6) is 0 Å². The van der Waals surface area contributed by atoms with Gasteiger partial charge in [0.25, 0.3) is 0 Å². The highest BCUT2D eigenvalue weighted by atomic mass is 16.6. The number of nitrogens with zero attached hydrogens (tertiary/aromatic N) is 2. The van der Waals surface area contributed by atoms with Gasteiger partial charge in [-0.05, 0) is 37.0 Å². The molecule has 1 aromatic rings. The van der Waals surface area contributed by atoms with Crippen LogP contribution in [0.4, 0.5) is 4.79 Å². The van der Waals surface area contributed by atoms with E-state index in [9.17, 15) is 9.90 Å². The maximum atomic E-state index is 12.0. The van der Waals surface area contributed by atoms with Crippen LogP contribution in [0, 0.1) is 6.92 Å². The SMILES string of the molecule is C=CCOC(=O)N1CC(O)CC1Cc1ccncc1C. The Labute approximate surface area is 118 Å². The van der Waals surface area contributed by atoms with Crippen LogP contribution < -0.4 is 0 Å². The summed E-state index contributed by atoms with van der Waals surface area (Å²) in [6.45, 7) is 6.03. The molecule has 5 heteroatoms. The van der Waals surface area contributed by atoms with Crippen LogP contribution in [0.3, 0.4) is 0 Å². The van der Waals surface area contributed by atoms with Crippen molar-refractivity contribution in [3.05, 3.63) is 42.2 Å². The molecule has 0 radical (unpaired) electrons. The lowest BCUT2D eigenvalue weighted by Crippen LogP contribution is -2.37. The lowest BCUT2D eigenvalue weighted by atomic mass is 10.0. The van der Waals surface area contributed by atoms with Crippen LogP contribution >= 0.6 is 0 Å². The Kier molecular flexibility index (Phi) is 4.74. The van der Waals surface area contributed by atoms with E-state index in [2.05, 4.69) is 11.6 Å². The van der Waals surface area contributed by atoms with Gasteiger partial charge in [-0.2, -0.15) is 0 Å². The minimum atomic E-state index is -0.488. The van der Waals surface area contributed by atoms with E-state index in [1.807, 2.05) is 13.0 Å². The average Bonchev–Trinajstić information content (AvgIpc) is 2.79. The molecule has 20 heavy (non-hydrogen) atoms. The number of hydrogen-bond acceptors (Lipinski definition) is 4. The highest BCUT2D eigenvalue weighted by Gasteiger charge is 2.35. The molecule has 1 amide bonds. The third-order valence-electron chi connectivity index (χ3n) is 3.54. The van der Waals surface area contributed by atoms with Crippen molar-refractivity contribution in [1.29, 1.82) is 0 Å². The number of aliphatic hydroxyl groups is 1. The molecule has 0 aromatic carbocycles. The number of β-amino-alcohol motifs (C(OH)–C–C–N with tert-alkyl or cyclic N) is 1. The fourth-order valence-electron chi connectivity index (χ4n) is 2.51. The van der Waals surface area contributed by atoms with Gasteiger partial charge in [-0.25, -0.2) is 4.79 Å². The van der Waals surface area contributed by atoms with Gasteiger partial charge in [-0.15, -0.1) is 0 Å². The van der Waals surface area contributed by atoms with Crippen LogP contribution in [-0.4, -0.2) is 46.4 Å². The maximum Gasteiger partial charge on any atom is 0.410 e. The molecule has 108 valence electrons. The largest absolute Gasteiger partial charge is 0.445 e. The lowest BCUT2D eigenvalue weighted by Gasteiger charge is -2.24. The third-order valence-corrected chi connectivity index (χ3v) is 3.54. The molecular formula is C15H20N2O3. The number of likely N-dealkylation sites (tertiary alicyclic amines) is 1. The van der Waals surface area contributed by atoms with Crippen molar-refractivity contribution in [3.8, 4) is 0 Å². The van der Waals surface area contributed by atoms with Crippen molar-refractivity contribution in [2.75, 3.05) is 13.2 Å². The first-order valence-electron chi connectivity index (χ1n) is 6.73. The molecule has 2 rings (SSSR count). The van der Waals surface area contributed by atoms with Gasteiger partial charge in [0.2, 0.25) is 0 Å². The molecule has 5 nitrogen and oxygen atoms in total. The number of aromatic nitrogens is 1. The van der Waals surface area contributed by atoms with Gasteiger partial charge >= 0.3 is 6.09 Å². The normalized spacial score (nSPS) is 21.8. The zero-order valence-corrected chi connectivity index (χ0v) is 11.7. The number of carbonyl (C=O) groups is 1. The van der Waals surface area contributed by atoms with E-state index in [0.29, 0.717) is 19.4 Å². The minimum absolute atomic E-state index is 0.0385. The van der Waals surface area contributed by atoms with Crippen LogP contribution in [0.1, 0.15) is 17.5 Å². The lowest BCUT2D eigenvalue weighted by molar-refractivity contribution is 0.102. The second-order valence-electron chi connectivity index (χ2n) is 5.07. The molecule has 2 heterocycles. The number of aryl methyl sites for hydroxylation is 1. The smallest absolute Gasteiger partial charge is 0.410 e. The second-order valence-corrected chi connectivity index (χ2v) is 5.07. The van der Waals surface area contributed by atoms with E-state index in [1.54, 1.807) is 17.3 Å². The van der Waals surface area contributed by atoms with Gasteiger partial charge in [0.05, 0.1) is 12.6 Å². The zero-order chi connectivity index (χ0) is 14.5. The van der Waals surface area contributed by atoms with E-state index >= 15 is 0 Å². The topological polar surface area (TPSA) is 62.7 Å². The summed E-state index contributed by atoms with van der Waals surface area (Å²) < 4.78 is 5.07. The molecular weight excluding hydrogens is 256 g/mol. The molecule has 0 spiro atoms. The quantitative estimate of drug-likeness (QED) is 0.850. The highest BCUT2D eigenvalue weighted by Crippen LogP contribution is 2.23. The summed E-state index contributed by atoms with van der Waals surface area (Å²) in [6, 6.07) is 1.91. The van der Waals surface area contributed by atoms with Gasteiger partial charge in [-0.1, -0.05) is 12.7 Å². The number of rotatable bonds is 4. The van der Waals surface area contributed by atoms with Crippen molar-refractivity contribution in [2.45, 2.75) is 31.9 Å². The van der Waals surface area contributed by atoms with E-state index in [-0.39, 0.29) is 12.6 Å². The van der Waals surface area contributed by atoms with Gasteiger partial charge in [0.15, 0.2) is 0 Å².